The highest BCUT2D eigenvalue weighted by Crippen LogP contribution is 2.36. The molecule has 0 fully saturated rings. The number of hydrogen-bond donors (Lipinski definition) is 2. The number of nitrogens with one attached hydrogen (secondary N) is 2. The van der Waals surface area contributed by atoms with Gasteiger partial charge in [0.1, 0.15) is 23.9 Å². The fourth-order valence-corrected chi connectivity index (χ4v) is 5.09. The number of hydrogen-bond acceptors (Lipinski definition) is 6. The van der Waals surface area contributed by atoms with Gasteiger partial charge in [0.15, 0.2) is 0 Å². The van der Waals surface area contributed by atoms with E-state index in [1.165, 1.54) is 10.9 Å². The SMILES string of the molecule is CCNc1nc2ccc(-c3ccc4c(c3)CN(c3nc(C)c(C)c5cc(OC)ccc35)CCO4)cc2[nH]1. The number of nitrogens with zero attached hydrogens (tertiary/aromatic N) is 3. The summed E-state index contributed by atoms with van der Waals surface area (Å²) in [5.41, 5.74) is 7.61. The number of aryl methyl sites for hydroxylation is 2. The van der Waals surface area contributed by atoms with Crippen LogP contribution < -0.4 is 19.7 Å². The molecular formula is C30H31N5O2. The molecule has 0 radical (unpaired) electrons. The zero-order valence-electron chi connectivity index (χ0n) is 21.7. The minimum Gasteiger partial charge on any atom is -0.497 e. The molecule has 2 N–H and O–H groups in total. The summed E-state index contributed by atoms with van der Waals surface area (Å²) in [4.78, 5) is 15.3. The van der Waals surface area contributed by atoms with E-state index in [1.807, 2.05) is 6.07 Å². The van der Waals surface area contributed by atoms with Crippen molar-refractivity contribution in [3.63, 3.8) is 0 Å². The van der Waals surface area contributed by atoms with Crippen LogP contribution in [0.15, 0.2) is 54.6 Å². The predicted molar refractivity (Wildman–Crippen MR) is 150 cm³/mol. The Morgan fingerprint density at radius 2 is 1.84 bits per heavy atom. The average Bonchev–Trinajstić information content (AvgIpc) is 3.20. The Balaban J connectivity index is 1.38. The number of anilines is 2. The Hall–Kier alpha value is -4.26. The van der Waals surface area contributed by atoms with Crippen molar-refractivity contribution in [3.05, 3.63) is 71.4 Å². The third kappa shape index (κ3) is 4.20. The van der Waals surface area contributed by atoms with Gasteiger partial charge in [0.25, 0.3) is 0 Å². The second kappa shape index (κ2) is 9.32. The Morgan fingerprint density at radius 1 is 1.00 bits per heavy atom. The van der Waals surface area contributed by atoms with E-state index < -0.39 is 0 Å². The van der Waals surface area contributed by atoms with Gasteiger partial charge in [-0.2, -0.15) is 0 Å². The smallest absolute Gasteiger partial charge is 0.201 e. The second-order valence-corrected chi connectivity index (χ2v) is 9.50. The first kappa shape index (κ1) is 23.2. The van der Waals surface area contributed by atoms with E-state index in [9.17, 15) is 0 Å². The molecule has 0 saturated heterocycles. The van der Waals surface area contributed by atoms with E-state index in [4.69, 9.17) is 14.5 Å². The summed E-state index contributed by atoms with van der Waals surface area (Å²) in [7, 11) is 1.71. The molecule has 7 heteroatoms. The van der Waals surface area contributed by atoms with Crippen molar-refractivity contribution < 1.29 is 9.47 Å². The van der Waals surface area contributed by atoms with Gasteiger partial charge < -0.3 is 24.7 Å². The molecule has 0 saturated carbocycles. The highest BCUT2D eigenvalue weighted by molar-refractivity contribution is 5.96. The first-order chi connectivity index (χ1) is 18.0. The van der Waals surface area contributed by atoms with E-state index >= 15 is 0 Å². The number of imidazole rings is 1. The van der Waals surface area contributed by atoms with Crippen LogP contribution >= 0.6 is 0 Å². The molecule has 0 amide bonds. The normalized spacial score (nSPS) is 13.4. The number of ether oxygens (including phenoxy) is 2. The minimum atomic E-state index is 0.603. The molecule has 0 unspecified atom stereocenters. The van der Waals surface area contributed by atoms with Crippen molar-refractivity contribution in [1.82, 2.24) is 15.0 Å². The summed E-state index contributed by atoms with van der Waals surface area (Å²) in [5.74, 6) is 3.56. The topological polar surface area (TPSA) is 75.3 Å². The van der Waals surface area contributed by atoms with Crippen LogP contribution in [0.4, 0.5) is 11.8 Å². The third-order valence-electron chi connectivity index (χ3n) is 7.19. The number of fused-ring (bicyclic) bond motifs is 3. The number of aromatic amines is 1. The summed E-state index contributed by atoms with van der Waals surface area (Å²) in [6.45, 7) is 9.17. The Labute approximate surface area is 216 Å². The second-order valence-electron chi connectivity index (χ2n) is 9.50. The minimum absolute atomic E-state index is 0.603. The zero-order chi connectivity index (χ0) is 25.5. The third-order valence-corrected chi connectivity index (χ3v) is 7.19. The van der Waals surface area contributed by atoms with Crippen molar-refractivity contribution in [2.75, 3.05) is 37.0 Å². The summed E-state index contributed by atoms with van der Waals surface area (Å²) in [6, 6.07) is 19.0. The molecule has 0 bridgehead atoms. The Morgan fingerprint density at radius 3 is 2.68 bits per heavy atom. The maximum Gasteiger partial charge on any atom is 0.201 e. The lowest BCUT2D eigenvalue weighted by Crippen LogP contribution is -2.26. The molecule has 6 rings (SSSR count). The molecule has 0 aliphatic carbocycles. The van der Waals surface area contributed by atoms with Gasteiger partial charge in [-0.25, -0.2) is 9.97 Å². The average molecular weight is 494 g/mol. The number of methoxy groups -OCH3 is 1. The van der Waals surface area contributed by atoms with Crippen LogP contribution in [0.25, 0.3) is 32.9 Å². The summed E-state index contributed by atoms with van der Waals surface area (Å²) < 4.78 is 11.7. The van der Waals surface area contributed by atoms with Gasteiger partial charge >= 0.3 is 0 Å². The molecule has 5 aromatic rings. The van der Waals surface area contributed by atoms with Crippen molar-refractivity contribution in [3.8, 4) is 22.6 Å². The maximum atomic E-state index is 6.18. The zero-order valence-corrected chi connectivity index (χ0v) is 21.7. The van der Waals surface area contributed by atoms with Crippen molar-refractivity contribution in [2.45, 2.75) is 27.3 Å². The van der Waals surface area contributed by atoms with Crippen LogP contribution in [0.5, 0.6) is 11.5 Å². The van der Waals surface area contributed by atoms with E-state index in [1.54, 1.807) is 7.11 Å². The van der Waals surface area contributed by atoms with Crippen LogP contribution in [-0.2, 0) is 6.54 Å². The van der Waals surface area contributed by atoms with Gasteiger partial charge in [-0.1, -0.05) is 12.1 Å². The van der Waals surface area contributed by atoms with Crippen LogP contribution in [0.1, 0.15) is 23.7 Å². The first-order valence-electron chi connectivity index (χ1n) is 12.7. The lowest BCUT2D eigenvalue weighted by atomic mass is 10.0. The fourth-order valence-electron chi connectivity index (χ4n) is 5.09. The molecule has 188 valence electrons. The number of rotatable bonds is 5. The quantitative estimate of drug-likeness (QED) is 0.302. The first-order valence-corrected chi connectivity index (χ1v) is 12.7. The number of pyridine rings is 1. The highest BCUT2D eigenvalue weighted by Gasteiger charge is 2.21. The van der Waals surface area contributed by atoms with Gasteiger partial charge in [-0.15, -0.1) is 0 Å². The Bertz CT molecular complexity index is 1620. The van der Waals surface area contributed by atoms with Crippen LogP contribution in [-0.4, -0.2) is 41.8 Å². The van der Waals surface area contributed by atoms with Crippen molar-refractivity contribution in [2.24, 2.45) is 0 Å². The molecule has 3 heterocycles. The van der Waals surface area contributed by atoms with Crippen LogP contribution in [0.2, 0.25) is 0 Å². The molecule has 3 aromatic carbocycles. The van der Waals surface area contributed by atoms with Gasteiger partial charge in [0.2, 0.25) is 5.95 Å². The summed E-state index contributed by atoms with van der Waals surface area (Å²) in [5, 5.41) is 5.55. The monoisotopic (exact) mass is 493 g/mol. The van der Waals surface area contributed by atoms with Gasteiger partial charge in [-0.3, -0.25) is 0 Å². The van der Waals surface area contributed by atoms with E-state index in [0.717, 1.165) is 81.7 Å². The largest absolute Gasteiger partial charge is 0.497 e. The van der Waals surface area contributed by atoms with Gasteiger partial charge in [0.05, 0.1) is 24.7 Å². The summed E-state index contributed by atoms with van der Waals surface area (Å²) >= 11 is 0. The predicted octanol–water partition coefficient (Wildman–Crippen LogP) is 6.23. The molecule has 7 nitrogen and oxygen atoms in total. The molecule has 0 atom stereocenters. The van der Waals surface area contributed by atoms with Crippen molar-refractivity contribution in [1.29, 1.82) is 0 Å². The molecule has 1 aliphatic heterocycles. The van der Waals surface area contributed by atoms with E-state index in [0.29, 0.717) is 6.61 Å². The van der Waals surface area contributed by atoms with Crippen LogP contribution in [0.3, 0.4) is 0 Å². The van der Waals surface area contributed by atoms with E-state index in [2.05, 4.69) is 89.5 Å². The molecule has 2 aromatic heterocycles. The van der Waals surface area contributed by atoms with Crippen LogP contribution in [0, 0.1) is 13.8 Å². The van der Waals surface area contributed by atoms with E-state index in [-0.39, 0.29) is 0 Å². The van der Waals surface area contributed by atoms with Gasteiger partial charge in [-0.05, 0) is 85.3 Å². The lowest BCUT2D eigenvalue weighted by Gasteiger charge is -2.24. The van der Waals surface area contributed by atoms with Gasteiger partial charge in [0, 0.05) is 29.7 Å². The molecular weight excluding hydrogens is 462 g/mol. The lowest BCUT2D eigenvalue weighted by molar-refractivity contribution is 0.331. The maximum absolute atomic E-state index is 6.18. The highest BCUT2D eigenvalue weighted by atomic mass is 16.5. The standard InChI is InChI=1S/C30H31N5O2/c1-5-31-30-33-26-10-6-21(15-27(26)34-30)20-7-11-28-22(14-20)17-35(12-13-37-28)29-24-9-8-23(36-4)16-25(24)18(2)19(3)32-29/h6-11,14-16H,5,12-13,17H2,1-4H3,(H2,31,33,34). The number of benzene rings is 3. The molecule has 37 heavy (non-hydrogen) atoms. The van der Waals surface area contributed by atoms with Crippen molar-refractivity contribution >= 4 is 33.6 Å². The Kier molecular flexibility index (Phi) is 5.83. The number of aromatic nitrogens is 3. The molecule has 0 spiro atoms. The molecule has 1 aliphatic rings. The fraction of sp³-hybridized carbons (Fsp3) is 0.267. The number of H-pyrrole nitrogens is 1. The summed E-state index contributed by atoms with van der Waals surface area (Å²) in [6.07, 6.45) is 0.